The first kappa shape index (κ1) is 10.2. The van der Waals surface area contributed by atoms with Gasteiger partial charge >= 0.3 is 5.97 Å². The second-order valence-corrected chi connectivity index (χ2v) is 2.64. The Morgan fingerprint density at radius 2 is 2.18 bits per heavy atom. The molecule has 1 N–H and O–H groups in total. The lowest BCUT2D eigenvalue weighted by Gasteiger charge is -2.18. The second kappa shape index (κ2) is 4.91. The normalized spacial score (nSPS) is 14.2. The van der Waals surface area contributed by atoms with Crippen molar-refractivity contribution in [3.63, 3.8) is 0 Å². The smallest absolute Gasteiger partial charge is 0.328 e. The van der Waals surface area contributed by atoms with Crippen LogP contribution in [0.25, 0.3) is 0 Å². The third kappa shape index (κ3) is 4.56. The molecular weight excluding hydrogens is 142 g/mol. The molecule has 3 heteroatoms. The van der Waals surface area contributed by atoms with E-state index in [-0.39, 0.29) is 6.04 Å². The molecule has 0 spiro atoms. The first-order chi connectivity index (χ1) is 5.07. The standard InChI is InChI=1S/C8H15NO2/c1-4-7(9(2)3)5-6-8(10)11/h5-7H,4H2,1-3H3,(H,10,11)/b6-5+. The number of hydrogen-bond acceptors (Lipinski definition) is 2. The number of carboxylic acid groups (broad SMARTS) is 1. The SMILES string of the molecule is CCC(/C=C/C(=O)O)N(C)C. The Labute approximate surface area is 67.3 Å². The number of likely N-dealkylation sites (N-methyl/N-ethyl adjacent to an activating group) is 1. The van der Waals surface area contributed by atoms with Crippen LogP contribution < -0.4 is 0 Å². The molecule has 0 rings (SSSR count). The molecule has 0 heterocycles. The van der Waals surface area contributed by atoms with E-state index in [0.29, 0.717) is 0 Å². The Hall–Kier alpha value is -0.830. The highest BCUT2D eigenvalue weighted by molar-refractivity contribution is 5.79. The predicted octanol–water partition coefficient (Wildman–Crippen LogP) is 0.967. The fraction of sp³-hybridized carbons (Fsp3) is 0.625. The van der Waals surface area contributed by atoms with E-state index >= 15 is 0 Å². The van der Waals surface area contributed by atoms with Crippen LogP contribution in [0.4, 0.5) is 0 Å². The first-order valence-corrected chi connectivity index (χ1v) is 3.65. The van der Waals surface area contributed by atoms with Crippen molar-refractivity contribution in [2.24, 2.45) is 0 Å². The van der Waals surface area contributed by atoms with E-state index in [1.807, 2.05) is 25.9 Å². The molecule has 11 heavy (non-hydrogen) atoms. The van der Waals surface area contributed by atoms with Gasteiger partial charge < -0.3 is 10.0 Å². The van der Waals surface area contributed by atoms with E-state index in [9.17, 15) is 4.79 Å². The lowest BCUT2D eigenvalue weighted by Crippen LogP contribution is -2.25. The van der Waals surface area contributed by atoms with Crippen molar-refractivity contribution in [2.75, 3.05) is 14.1 Å². The molecule has 1 atom stereocenters. The van der Waals surface area contributed by atoms with Crippen molar-refractivity contribution in [1.29, 1.82) is 0 Å². The average Bonchev–Trinajstić information content (AvgIpc) is 1.87. The van der Waals surface area contributed by atoms with E-state index in [2.05, 4.69) is 0 Å². The maximum Gasteiger partial charge on any atom is 0.328 e. The number of nitrogens with zero attached hydrogens (tertiary/aromatic N) is 1. The highest BCUT2D eigenvalue weighted by Gasteiger charge is 2.03. The van der Waals surface area contributed by atoms with Crippen LogP contribution in [0.15, 0.2) is 12.2 Å². The van der Waals surface area contributed by atoms with Crippen LogP contribution in [-0.4, -0.2) is 36.1 Å². The Morgan fingerprint density at radius 1 is 1.64 bits per heavy atom. The summed E-state index contributed by atoms with van der Waals surface area (Å²) in [5.41, 5.74) is 0. The zero-order valence-corrected chi connectivity index (χ0v) is 7.24. The summed E-state index contributed by atoms with van der Waals surface area (Å²) >= 11 is 0. The van der Waals surface area contributed by atoms with Gasteiger partial charge in [-0.25, -0.2) is 4.79 Å². The predicted molar refractivity (Wildman–Crippen MR) is 44.5 cm³/mol. The third-order valence-corrected chi connectivity index (χ3v) is 1.54. The van der Waals surface area contributed by atoms with E-state index < -0.39 is 5.97 Å². The van der Waals surface area contributed by atoms with Crippen LogP contribution >= 0.6 is 0 Å². The minimum absolute atomic E-state index is 0.228. The number of rotatable bonds is 4. The summed E-state index contributed by atoms with van der Waals surface area (Å²) in [5.74, 6) is -0.884. The molecule has 1 unspecified atom stereocenters. The summed E-state index contributed by atoms with van der Waals surface area (Å²) in [6.45, 7) is 2.02. The molecule has 0 radical (unpaired) electrons. The maximum absolute atomic E-state index is 10.1. The van der Waals surface area contributed by atoms with Crippen LogP contribution in [0.1, 0.15) is 13.3 Å². The van der Waals surface area contributed by atoms with E-state index in [1.54, 1.807) is 6.08 Å². The maximum atomic E-state index is 10.1. The van der Waals surface area contributed by atoms with Gasteiger partial charge in [0.25, 0.3) is 0 Å². The molecule has 0 aromatic carbocycles. The number of aliphatic carboxylic acids is 1. The number of carbonyl (C=O) groups is 1. The van der Waals surface area contributed by atoms with Crippen molar-refractivity contribution in [1.82, 2.24) is 4.90 Å². The number of hydrogen-bond donors (Lipinski definition) is 1. The highest BCUT2D eigenvalue weighted by atomic mass is 16.4. The van der Waals surface area contributed by atoms with Crippen molar-refractivity contribution in [2.45, 2.75) is 19.4 Å². The molecule has 0 aromatic heterocycles. The summed E-state index contributed by atoms with van der Waals surface area (Å²) in [7, 11) is 3.86. The van der Waals surface area contributed by atoms with Crippen LogP contribution in [0, 0.1) is 0 Å². The van der Waals surface area contributed by atoms with Crippen molar-refractivity contribution >= 4 is 5.97 Å². The summed E-state index contributed by atoms with van der Waals surface area (Å²) in [5, 5.41) is 8.33. The second-order valence-electron chi connectivity index (χ2n) is 2.64. The molecule has 3 nitrogen and oxygen atoms in total. The Kier molecular flexibility index (Phi) is 4.54. The number of carboxylic acids is 1. The molecule has 0 bridgehead atoms. The van der Waals surface area contributed by atoms with Gasteiger partial charge in [-0.3, -0.25) is 0 Å². The van der Waals surface area contributed by atoms with Gasteiger partial charge in [-0.2, -0.15) is 0 Å². The summed E-state index contributed by atoms with van der Waals surface area (Å²) < 4.78 is 0. The van der Waals surface area contributed by atoms with Crippen LogP contribution in [0.3, 0.4) is 0 Å². The minimum atomic E-state index is -0.884. The molecule has 0 aliphatic heterocycles. The molecular formula is C8H15NO2. The van der Waals surface area contributed by atoms with Gasteiger partial charge in [0.2, 0.25) is 0 Å². The molecule has 0 aliphatic rings. The van der Waals surface area contributed by atoms with Gasteiger partial charge in [0, 0.05) is 12.1 Å². The van der Waals surface area contributed by atoms with Crippen molar-refractivity contribution < 1.29 is 9.90 Å². The van der Waals surface area contributed by atoms with E-state index in [4.69, 9.17) is 5.11 Å². The van der Waals surface area contributed by atoms with E-state index in [0.717, 1.165) is 6.42 Å². The topological polar surface area (TPSA) is 40.5 Å². The molecule has 0 amide bonds. The van der Waals surface area contributed by atoms with Gasteiger partial charge in [-0.05, 0) is 20.5 Å². The Bertz CT molecular complexity index is 152. The van der Waals surface area contributed by atoms with Gasteiger partial charge in [0.05, 0.1) is 0 Å². The summed E-state index contributed by atoms with van der Waals surface area (Å²) in [4.78, 5) is 12.1. The Balaban J connectivity index is 3.97. The van der Waals surface area contributed by atoms with Gasteiger partial charge in [0.1, 0.15) is 0 Å². The molecule has 0 aliphatic carbocycles. The molecule has 0 aromatic rings. The molecule has 0 fully saturated rings. The first-order valence-electron chi connectivity index (χ1n) is 3.65. The lowest BCUT2D eigenvalue weighted by atomic mass is 10.2. The van der Waals surface area contributed by atoms with Crippen molar-refractivity contribution in [3.05, 3.63) is 12.2 Å². The quantitative estimate of drug-likeness (QED) is 0.618. The van der Waals surface area contributed by atoms with Crippen LogP contribution in [-0.2, 0) is 4.79 Å². The lowest BCUT2D eigenvalue weighted by molar-refractivity contribution is -0.131. The summed E-state index contributed by atoms with van der Waals surface area (Å²) in [6, 6.07) is 0.228. The third-order valence-electron chi connectivity index (χ3n) is 1.54. The monoisotopic (exact) mass is 157 g/mol. The highest BCUT2D eigenvalue weighted by Crippen LogP contribution is 1.99. The molecule has 0 saturated heterocycles. The fourth-order valence-electron chi connectivity index (χ4n) is 0.867. The van der Waals surface area contributed by atoms with Gasteiger partial charge in [-0.15, -0.1) is 0 Å². The fourth-order valence-corrected chi connectivity index (χ4v) is 0.867. The largest absolute Gasteiger partial charge is 0.478 e. The molecule has 0 saturated carbocycles. The summed E-state index contributed by atoms with van der Waals surface area (Å²) in [6.07, 6.45) is 3.81. The minimum Gasteiger partial charge on any atom is -0.478 e. The van der Waals surface area contributed by atoms with Gasteiger partial charge in [0.15, 0.2) is 0 Å². The zero-order chi connectivity index (χ0) is 8.85. The average molecular weight is 157 g/mol. The van der Waals surface area contributed by atoms with Gasteiger partial charge in [-0.1, -0.05) is 13.0 Å². The van der Waals surface area contributed by atoms with Crippen molar-refractivity contribution in [3.8, 4) is 0 Å². The van der Waals surface area contributed by atoms with E-state index in [1.165, 1.54) is 6.08 Å². The zero-order valence-electron chi connectivity index (χ0n) is 7.24. The Morgan fingerprint density at radius 3 is 2.45 bits per heavy atom. The van der Waals surface area contributed by atoms with Crippen LogP contribution in [0.5, 0.6) is 0 Å². The molecule has 64 valence electrons. The van der Waals surface area contributed by atoms with Crippen LogP contribution in [0.2, 0.25) is 0 Å².